The van der Waals surface area contributed by atoms with E-state index in [0.29, 0.717) is 11.4 Å². The molecule has 0 saturated carbocycles. The maximum Gasteiger partial charge on any atom is 0.277 e. The molecule has 2 aliphatic rings. The second kappa shape index (κ2) is 5.44. The highest BCUT2D eigenvalue weighted by atomic mass is 16.2. The van der Waals surface area contributed by atoms with Gasteiger partial charge in [0.2, 0.25) is 5.91 Å². The summed E-state index contributed by atoms with van der Waals surface area (Å²) in [5.74, 6) is -0.194. The molecular formula is C16H22N4O2. The van der Waals surface area contributed by atoms with Gasteiger partial charge in [-0.2, -0.15) is 5.10 Å². The van der Waals surface area contributed by atoms with E-state index in [1.807, 2.05) is 18.0 Å². The predicted octanol–water partition coefficient (Wildman–Crippen LogP) is 1.59. The number of nitrogens with one attached hydrogen (secondary N) is 1. The van der Waals surface area contributed by atoms with Crippen molar-refractivity contribution in [3.05, 3.63) is 35.2 Å². The van der Waals surface area contributed by atoms with Crippen molar-refractivity contribution in [3.8, 4) is 0 Å². The molecule has 0 aromatic rings. The van der Waals surface area contributed by atoms with Crippen LogP contribution in [-0.4, -0.2) is 41.7 Å². The van der Waals surface area contributed by atoms with Gasteiger partial charge in [-0.1, -0.05) is 13.8 Å². The fourth-order valence-electron chi connectivity index (χ4n) is 2.59. The Morgan fingerprint density at radius 3 is 2.45 bits per heavy atom. The second-order valence-electron chi connectivity index (χ2n) is 6.14. The van der Waals surface area contributed by atoms with Crippen LogP contribution >= 0.6 is 0 Å². The molecule has 118 valence electrons. The molecule has 6 heteroatoms. The molecule has 0 aliphatic carbocycles. The van der Waals surface area contributed by atoms with Crippen molar-refractivity contribution in [1.82, 2.24) is 15.2 Å². The van der Waals surface area contributed by atoms with Gasteiger partial charge in [-0.05, 0) is 24.6 Å². The molecule has 0 saturated heterocycles. The van der Waals surface area contributed by atoms with Crippen LogP contribution in [-0.2, 0) is 9.59 Å². The first-order chi connectivity index (χ1) is 10.1. The molecule has 0 aromatic carbocycles. The van der Waals surface area contributed by atoms with E-state index in [1.165, 1.54) is 17.5 Å². The number of hydrazone groups is 1. The highest BCUT2D eigenvalue weighted by Gasteiger charge is 2.33. The monoisotopic (exact) mass is 302 g/mol. The topological polar surface area (TPSA) is 65.0 Å². The van der Waals surface area contributed by atoms with E-state index in [0.717, 1.165) is 5.70 Å². The summed E-state index contributed by atoms with van der Waals surface area (Å²) < 4.78 is 0. The molecule has 2 amide bonds. The number of amidine groups is 1. The smallest absolute Gasteiger partial charge is 0.277 e. The SMILES string of the molecule is CC(=O)NC1=NN(C)C(=O)/C1=C/C=C1\N(C)C=C(C)C1(C)C. The standard InChI is InChI=1S/C16H22N4O2/c1-10-9-19(5)13(16(10,3)4)8-7-12-14(17-11(2)21)18-20(6)15(12)22/h7-9H,1-6H3,(H,17,18,21)/b12-7+,13-8-. The lowest BCUT2D eigenvalue weighted by Crippen LogP contribution is -2.29. The molecule has 0 radical (unpaired) electrons. The Morgan fingerprint density at radius 1 is 1.32 bits per heavy atom. The predicted molar refractivity (Wildman–Crippen MR) is 85.5 cm³/mol. The number of hydrogen-bond donors (Lipinski definition) is 1. The maximum absolute atomic E-state index is 12.1. The van der Waals surface area contributed by atoms with Crippen molar-refractivity contribution in [2.24, 2.45) is 10.5 Å². The third-order valence-electron chi connectivity index (χ3n) is 4.13. The average molecular weight is 302 g/mol. The van der Waals surface area contributed by atoms with Crippen LogP contribution in [0.4, 0.5) is 0 Å². The molecule has 0 atom stereocenters. The molecule has 1 N–H and O–H groups in total. The van der Waals surface area contributed by atoms with Gasteiger partial charge in [0.1, 0.15) is 0 Å². The van der Waals surface area contributed by atoms with Crippen LogP contribution < -0.4 is 5.32 Å². The minimum atomic E-state index is -0.253. The normalized spacial score (nSPS) is 24.2. The van der Waals surface area contributed by atoms with Gasteiger partial charge < -0.3 is 10.2 Å². The Bertz CT molecular complexity index is 653. The number of hydrogen-bond acceptors (Lipinski definition) is 4. The van der Waals surface area contributed by atoms with Gasteiger partial charge >= 0.3 is 0 Å². The lowest BCUT2D eigenvalue weighted by atomic mass is 9.84. The van der Waals surface area contributed by atoms with Crippen molar-refractivity contribution >= 4 is 17.6 Å². The Hall–Kier alpha value is -2.37. The van der Waals surface area contributed by atoms with E-state index < -0.39 is 0 Å². The third-order valence-corrected chi connectivity index (χ3v) is 4.13. The zero-order valence-electron chi connectivity index (χ0n) is 13.9. The highest BCUT2D eigenvalue weighted by molar-refractivity contribution is 6.26. The fourth-order valence-corrected chi connectivity index (χ4v) is 2.59. The molecule has 2 rings (SSSR count). The minimum absolute atomic E-state index is 0.0926. The summed E-state index contributed by atoms with van der Waals surface area (Å²) in [7, 11) is 3.55. The summed E-state index contributed by atoms with van der Waals surface area (Å²) in [6.45, 7) is 7.75. The molecule has 0 fully saturated rings. The van der Waals surface area contributed by atoms with Gasteiger partial charge in [0.05, 0.1) is 5.57 Å². The number of nitrogens with zero attached hydrogens (tertiary/aromatic N) is 3. The molecule has 0 spiro atoms. The van der Waals surface area contributed by atoms with E-state index in [1.54, 1.807) is 13.1 Å². The van der Waals surface area contributed by atoms with Gasteiger partial charge in [0.15, 0.2) is 5.84 Å². The van der Waals surface area contributed by atoms with Gasteiger partial charge in [-0.15, -0.1) is 0 Å². The van der Waals surface area contributed by atoms with Crippen LogP contribution in [0.3, 0.4) is 0 Å². The van der Waals surface area contributed by atoms with Crippen molar-refractivity contribution in [1.29, 1.82) is 0 Å². The van der Waals surface area contributed by atoms with Crippen LogP contribution in [0.2, 0.25) is 0 Å². The molecule has 2 heterocycles. The van der Waals surface area contributed by atoms with Crippen LogP contribution in [0.15, 0.2) is 40.3 Å². The van der Waals surface area contributed by atoms with Crippen LogP contribution in [0.1, 0.15) is 27.7 Å². The van der Waals surface area contributed by atoms with Crippen molar-refractivity contribution in [3.63, 3.8) is 0 Å². The van der Waals surface area contributed by atoms with Crippen LogP contribution in [0, 0.1) is 5.41 Å². The summed E-state index contributed by atoms with van der Waals surface area (Å²) in [4.78, 5) is 25.4. The highest BCUT2D eigenvalue weighted by Crippen LogP contribution is 2.41. The number of rotatable bonds is 1. The third kappa shape index (κ3) is 2.68. The van der Waals surface area contributed by atoms with Crippen molar-refractivity contribution < 1.29 is 9.59 Å². The van der Waals surface area contributed by atoms with E-state index >= 15 is 0 Å². The summed E-state index contributed by atoms with van der Waals surface area (Å²) in [6, 6.07) is 0. The molecule has 0 unspecified atom stereocenters. The second-order valence-corrected chi connectivity index (χ2v) is 6.14. The Labute approximate surface area is 130 Å². The molecule has 0 aromatic heterocycles. The molecule has 2 aliphatic heterocycles. The van der Waals surface area contributed by atoms with Crippen LogP contribution in [0.25, 0.3) is 0 Å². The number of amides is 2. The van der Waals surface area contributed by atoms with Gasteiger partial charge in [-0.25, -0.2) is 5.01 Å². The molecule has 6 nitrogen and oxygen atoms in total. The largest absolute Gasteiger partial charge is 0.354 e. The number of allylic oxidation sites excluding steroid dienone is 3. The summed E-state index contributed by atoms with van der Waals surface area (Å²) in [6.07, 6.45) is 5.72. The van der Waals surface area contributed by atoms with Crippen molar-refractivity contribution in [2.75, 3.05) is 14.1 Å². The maximum atomic E-state index is 12.1. The lowest BCUT2D eigenvalue weighted by molar-refractivity contribution is -0.124. The first-order valence-electron chi connectivity index (χ1n) is 7.13. The Balaban J connectivity index is 2.36. The number of likely N-dealkylation sites (N-methyl/N-ethyl adjacent to an activating group) is 1. The first-order valence-corrected chi connectivity index (χ1v) is 7.13. The van der Waals surface area contributed by atoms with E-state index in [9.17, 15) is 9.59 Å². The fraction of sp³-hybridized carbons (Fsp3) is 0.438. The molecule has 0 bridgehead atoms. The zero-order chi connectivity index (χ0) is 16.7. The van der Waals surface area contributed by atoms with E-state index in [2.05, 4.69) is 37.4 Å². The Kier molecular flexibility index (Phi) is 3.96. The Morgan fingerprint density at radius 2 is 1.95 bits per heavy atom. The van der Waals surface area contributed by atoms with Gasteiger partial charge in [0.25, 0.3) is 5.91 Å². The molecular weight excluding hydrogens is 280 g/mol. The van der Waals surface area contributed by atoms with Gasteiger partial charge in [0, 0.05) is 38.3 Å². The minimum Gasteiger partial charge on any atom is -0.354 e. The van der Waals surface area contributed by atoms with E-state index in [-0.39, 0.29) is 17.2 Å². The number of carbonyl (C=O) groups is 2. The summed E-state index contributed by atoms with van der Waals surface area (Å²) in [5.41, 5.74) is 2.64. The first kappa shape index (κ1) is 16.0. The quantitative estimate of drug-likeness (QED) is 0.748. The number of carbonyl (C=O) groups excluding carboxylic acids is 2. The summed E-state index contributed by atoms with van der Waals surface area (Å²) in [5, 5.41) is 7.87. The van der Waals surface area contributed by atoms with E-state index in [4.69, 9.17) is 0 Å². The van der Waals surface area contributed by atoms with Crippen LogP contribution in [0.5, 0.6) is 0 Å². The van der Waals surface area contributed by atoms with Crippen molar-refractivity contribution in [2.45, 2.75) is 27.7 Å². The molecule has 22 heavy (non-hydrogen) atoms. The lowest BCUT2D eigenvalue weighted by Gasteiger charge is -2.25. The zero-order valence-corrected chi connectivity index (χ0v) is 13.9. The summed E-state index contributed by atoms with van der Waals surface area (Å²) >= 11 is 0. The van der Waals surface area contributed by atoms with Gasteiger partial charge in [-0.3, -0.25) is 9.59 Å². The average Bonchev–Trinajstić information content (AvgIpc) is 2.74.